The molecule has 0 amide bonds. The molecule has 0 saturated carbocycles. The number of hydrazine groups is 1. The van der Waals surface area contributed by atoms with E-state index in [2.05, 4.69) is 36.4 Å². The quantitative estimate of drug-likeness (QED) is 0.642. The van der Waals surface area contributed by atoms with Gasteiger partial charge in [-0.1, -0.05) is 32.0 Å². The van der Waals surface area contributed by atoms with Crippen molar-refractivity contribution in [3.63, 3.8) is 0 Å². The molecule has 1 heterocycles. The van der Waals surface area contributed by atoms with Crippen LogP contribution in [0.4, 0.5) is 0 Å². The van der Waals surface area contributed by atoms with Crippen molar-refractivity contribution in [3.05, 3.63) is 42.1 Å². The molecular weight excluding hydrogens is 242 g/mol. The van der Waals surface area contributed by atoms with Gasteiger partial charge in [0.15, 0.2) is 0 Å². The topological polar surface area (TPSA) is 50.9 Å². The number of aromatic nitrogens is 1. The molecule has 0 fully saturated rings. The highest BCUT2D eigenvalue weighted by atomic mass is 32.2. The third-order valence-corrected chi connectivity index (χ3v) is 4.04. The summed E-state index contributed by atoms with van der Waals surface area (Å²) in [7, 11) is 0. The Hall–Kier alpha value is -1.10. The highest BCUT2D eigenvalue weighted by Gasteiger charge is 2.13. The third-order valence-electron chi connectivity index (χ3n) is 2.85. The average Bonchev–Trinajstić information content (AvgIpc) is 2.39. The summed E-state index contributed by atoms with van der Waals surface area (Å²) >= 11 is 1.90. The summed E-state index contributed by atoms with van der Waals surface area (Å²) < 4.78 is 0. The predicted molar refractivity (Wildman–Crippen MR) is 79.4 cm³/mol. The van der Waals surface area contributed by atoms with Gasteiger partial charge in [-0.05, 0) is 22.9 Å². The van der Waals surface area contributed by atoms with Crippen LogP contribution in [-0.2, 0) is 0 Å². The number of hydrogen-bond donors (Lipinski definition) is 2. The second-order valence-corrected chi connectivity index (χ2v) is 6.13. The second kappa shape index (κ2) is 6.18. The molecule has 0 bridgehead atoms. The van der Waals surface area contributed by atoms with E-state index >= 15 is 0 Å². The highest BCUT2D eigenvalue weighted by molar-refractivity contribution is 7.99. The zero-order valence-corrected chi connectivity index (χ0v) is 11.6. The summed E-state index contributed by atoms with van der Waals surface area (Å²) in [6.07, 6.45) is 1.82. The fraction of sp³-hybridized carbons (Fsp3) is 0.357. The molecule has 2 aromatic rings. The van der Waals surface area contributed by atoms with Gasteiger partial charge < -0.3 is 0 Å². The number of nitrogens with one attached hydrogen (secondary N) is 1. The first-order valence-corrected chi connectivity index (χ1v) is 7.18. The number of fused-ring (bicyclic) bond motifs is 1. The van der Waals surface area contributed by atoms with E-state index in [1.807, 2.05) is 36.2 Å². The van der Waals surface area contributed by atoms with Crippen LogP contribution in [0, 0.1) is 0 Å². The standard InChI is InChI=1S/C14H19N3S/c1-10(2)18-9-14(17-15)12-5-3-7-13-11(12)6-4-8-16-13/h3-8,10,14,17H,9,15H2,1-2H3. The molecule has 4 heteroatoms. The molecule has 0 aliphatic rings. The van der Waals surface area contributed by atoms with Crippen LogP contribution >= 0.6 is 11.8 Å². The molecule has 0 aliphatic carbocycles. The van der Waals surface area contributed by atoms with Crippen molar-refractivity contribution in [1.82, 2.24) is 10.4 Å². The maximum Gasteiger partial charge on any atom is 0.0705 e. The van der Waals surface area contributed by atoms with Crippen molar-refractivity contribution in [2.45, 2.75) is 25.1 Å². The van der Waals surface area contributed by atoms with Crippen molar-refractivity contribution < 1.29 is 0 Å². The lowest BCUT2D eigenvalue weighted by Gasteiger charge is -2.18. The lowest BCUT2D eigenvalue weighted by Crippen LogP contribution is -2.30. The molecule has 1 aromatic carbocycles. The fourth-order valence-electron chi connectivity index (χ4n) is 1.95. The van der Waals surface area contributed by atoms with Gasteiger partial charge in [-0.3, -0.25) is 16.3 Å². The Labute approximate surface area is 112 Å². The van der Waals surface area contributed by atoms with Gasteiger partial charge in [0.2, 0.25) is 0 Å². The number of rotatable bonds is 5. The average molecular weight is 261 g/mol. The fourth-order valence-corrected chi connectivity index (χ4v) is 2.80. The lowest BCUT2D eigenvalue weighted by molar-refractivity contribution is 0.614. The summed E-state index contributed by atoms with van der Waals surface area (Å²) in [5.41, 5.74) is 5.15. The minimum Gasteiger partial charge on any atom is -0.271 e. The second-order valence-electron chi connectivity index (χ2n) is 4.52. The summed E-state index contributed by atoms with van der Waals surface area (Å²) in [5.74, 6) is 6.66. The Balaban J connectivity index is 2.32. The Morgan fingerprint density at radius 2 is 2.11 bits per heavy atom. The van der Waals surface area contributed by atoms with Crippen molar-refractivity contribution in [2.24, 2.45) is 5.84 Å². The van der Waals surface area contributed by atoms with Crippen LogP contribution in [0.15, 0.2) is 36.5 Å². The molecule has 1 atom stereocenters. The largest absolute Gasteiger partial charge is 0.271 e. The van der Waals surface area contributed by atoms with E-state index in [9.17, 15) is 0 Å². The summed E-state index contributed by atoms with van der Waals surface area (Å²) in [6, 6.07) is 10.4. The van der Waals surface area contributed by atoms with Crippen LogP contribution in [0.2, 0.25) is 0 Å². The van der Waals surface area contributed by atoms with Crippen molar-refractivity contribution in [2.75, 3.05) is 5.75 Å². The summed E-state index contributed by atoms with van der Waals surface area (Å²) in [6.45, 7) is 4.39. The van der Waals surface area contributed by atoms with Crippen molar-refractivity contribution >= 4 is 22.7 Å². The van der Waals surface area contributed by atoms with Gasteiger partial charge in [0.25, 0.3) is 0 Å². The smallest absolute Gasteiger partial charge is 0.0705 e. The van der Waals surface area contributed by atoms with Gasteiger partial charge in [0.1, 0.15) is 0 Å². The van der Waals surface area contributed by atoms with Gasteiger partial charge in [-0.25, -0.2) is 0 Å². The Kier molecular flexibility index (Phi) is 4.58. The Bertz CT molecular complexity index is 508. The number of benzene rings is 1. The van der Waals surface area contributed by atoms with Crippen LogP contribution < -0.4 is 11.3 Å². The number of pyridine rings is 1. The Morgan fingerprint density at radius 3 is 2.83 bits per heavy atom. The SMILES string of the molecule is CC(C)SCC(NN)c1cccc2ncccc12. The van der Waals surface area contributed by atoms with E-state index in [4.69, 9.17) is 5.84 Å². The monoisotopic (exact) mass is 261 g/mol. The molecule has 0 radical (unpaired) electrons. The molecule has 0 spiro atoms. The molecule has 1 unspecified atom stereocenters. The van der Waals surface area contributed by atoms with E-state index in [0.717, 1.165) is 11.3 Å². The summed E-state index contributed by atoms with van der Waals surface area (Å²) in [5, 5.41) is 1.78. The molecule has 3 N–H and O–H groups in total. The van der Waals surface area contributed by atoms with E-state index in [0.29, 0.717) is 5.25 Å². The molecule has 2 rings (SSSR count). The Morgan fingerprint density at radius 1 is 1.28 bits per heavy atom. The molecular formula is C14H19N3S. The zero-order chi connectivity index (χ0) is 13.0. The summed E-state index contributed by atoms with van der Waals surface area (Å²) in [4.78, 5) is 4.38. The number of nitrogens with zero attached hydrogens (tertiary/aromatic N) is 1. The first-order valence-electron chi connectivity index (χ1n) is 6.13. The predicted octanol–water partition coefficient (Wildman–Crippen LogP) is 2.88. The minimum absolute atomic E-state index is 0.158. The van der Waals surface area contributed by atoms with Gasteiger partial charge in [-0.15, -0.1) is 0 Å². The molecule has 18 heavy (non-hydrogen) atoms. The first kappa shape index (κ1) is 13.3. The highest BCUT2D eigenvalue weighted by Crippen LogP contribution is 2.26. The lowest BCUT2D eigenvalue weighted by atomic mass is 10.0. The van der Waals surface area contributed by atoms with Crippen LogP contribution in [0.5, 0.6) is 0 Å². The van der Waals surface area contributed by atoms with Crippen LogP contribution in [0.25, 0.3) is 10.9 Å². The first-order chi connectivity index (χ1) is 8.72. The molecule has 1 aromatic heterocycles. The van der Waals surface area contributed by atoms with Gasteiger partial charge in [-0.2, -0.15) is 11.8 Å². The molecule has 0 aliphatic heterocycles. The van der Waals surface area contributed by atoms with Crippen LogP contribution in [0.3, 0.4) is 0 Å². The normalized spacial score (nSPS) is 13.1. The van der Waals surface area contributed by atoms with Gasteiger partial charge in [0, 0.05) is 17.3 Å². The van der Waals surface area contributed by atoms with E-state index in [1.165, 1.54) is 10.9 Å². The van der Waals surface area contributed by atoms with Crippen LogP contribution in [-0.4, -0.2) is 16.0 Å². The number of thioether (sulfide) groups is 1. The maximum atomic E-state index is 5.70. The molecule has 3 nitrogen and oxygen atoms in total. The van der Waals surface area contributed by atoms with Crippen molar-refractivity contribution in [1.29, 1.82) is 0 Å². The third kappa shape index (κ3) is 3.02. The van der Waals surface area contributed by atoms with E-state index < -0.39 is 0 Å². The minimum atomic E-state index is 0.158. The van der Waals surface area contributed by atoms with E-state index in [-0.39, 0.29) is 6.04 Å². The molecule has 96 valence electrons. The van der Waals surface area contributed by atoms with Gasteiger partial charge >= 0.3 is 0 Å². The zero-order valence-electron chi connectivity index (χ0n) is 10.8. The maximum absolute atomic E-state index is 5.70. The number of nitrogens with two attached hydrogens (primary N) is 1. The van der Waals surface area contributed by atoms with E-state index in [1.54, 1.807) is 0 Å². The van der Waals surface area contributed by atoms with Crippen LogP contribution in [0.1, 0.15) is 25.5 Å². The molecule has 0 saturated heterocycles. The van der Waals surface area contributed by atoms with Crippen molar-refractivity contribution in [3.8, 4) is 0 Å². The number of hydrogen-bond acceptors (Lipinski definition) is 4. The van der Waals surface area contributed by atoms with Gasteiger partial charge in [0.05, 0.1) is 11.6 Å².